The van der Waals surface area contributed by atoms with Crippen LogP contribution in [0.25, 0.3) is 0 Å². The van der Waals surface area contributed by atoms with Crippen LogP contribution in [0.5, 0.6) is 0 Å². The highest BCUT2D eigenvalue weighted by Gasteiger charge is 2.53. The van der Waals surface area contributed by atoms with Crippen molar-refractivity contribution in [3.63, 3.8) is 0 Å². The van der Waals surface area contributed by atoms with Gasteiger partial charge in [0.2, 0.25) is 0 Å². The Bertz CT molecular complexity index is 338. The summed E-state index contributed by atoms with van der Waals surface area (Å²) in [6, 6.07) is -1.42. The molecule has 0 aromatic rings. The zero-order chi connectivity index (χ0) is 13.2. The van der Waals surface area contributed by atoms with Crippen molar-refractivity contribution < 1.29 is 13.6 Å². The van der Waals surface area contributed by atoms with E-state index in [2.05, 4.69) is 10.6 Å². The van der Waals surface area contributed by atoms with Crippen LogP contribution in [0.3, 0.4) is 0 Å². The Balaban J connectivity index is 2.86. The predicted octanol–water partition coefficient (Wildman–Crippen LogP) is 0.689. The van der Waals surface area contributed by atoms with E-state index in [0.717, 1.165) is 0 Å². The molecule has 2 N–H and O–H groups in total. The zero-order valence-corrected chi connectivity index (χ0v) is 10.1. The van der Waals surface area contributed by atoms with Gasteiger partial charge in [0, 0.05) is 6.42 Å². The van der Waals surface area contributed by atoms with E-state index in [1.165, 1.54) is 0 Å². The minimum Gasteiger partial charge on any atom is -0.310 e. The Morgan fingerprint density at radius 2 is 2.18 bits per heavy atom. The van der Waals surface area contributed by atoms with Crippen LogP contribution < -0.4 is 10.6 Å². The first-order valence-electron chi connectivity index (χ1n) is 5.58. The number of nitrogens with one attached hydrogen (secondary N) is 2. The molecular formula is C11H17F2N3O. The number of halogens is 2. The summed E-state index contributed by atoms with van der Waals surface area (Å²) in [5.74, 6) is -3.81. The molecule has 1 rings (SSSR count). The number of alkyl halides is 2. The molecule has 17 heavy (non-hydrogen) atoms. The first-order valence-corrected chi connectivity index (χ1v) is 5.58. The summed E-state index contributed by atoms with van der Waals surface area (Å²) in [6.45, 7) is 3.57. The maximum atomic E-state index is 13.6. The topological polar surface area (TPSA) is 64.9 Å². The number of carbonyl (C=O) groups is 1. The first kappa shape index (κ1) is 14.0. The van der Waals surface area contributed by atoms with E-state index in [-0.39, 0.29) is 5.92 Å². The number of rotatable bonds is 4. The van der Waals surface area contributed by atoms with Crippen molar-refractivity contribution in [1.82, 2.24) is 10.6 Å². The van der Waals surface area contributed by atoms with Gasteiger partial charge in [-0.3, -0.25) is 10.1 Å². The summed E-state index contributed by atoms with van der Waals surface area (Å²) in [6.07, 6.45) is -0.603. The molecule has 0 bridgehead atoms. The first-order chi connectivity index (χ1) is 7.83. The average Bonchev–Trinajstić information content (AvgIpc) is 2.53. The summed E-state index contributed by atoms with van der Waals surface area (Å²) in [5, 5.41) is 13.8. The average molecular weight is 245 g/mol. The summed E-state index contributed by atoms with van der Waals surface area (Å²) in [7, 11) is 1.57. The van der Waals surface area contributed by atoms with Gasteiger partial charge in [0.25, 0.3) is 5.92 Å². The number of hydrogen-bond donors (Lipinski definition) is 2. The third-order valence-corrected chi connectivity index (χ3v) is 2.99. The van der Waals surface area contributed by atoms with E-state index in [0.29, 0.717) is 0 Å². The number of carbonyl (C=O) groups excluding carboxylic acids is 1. The van der Waals surface area contributed by atoms with E-state index in [1.807, 2.05) is 0 Å². The van der Waals surface area contributed by atoms with Gasteiger partial charge < -0.3 is 5.32 Å². The van der Waals surface area contributed by atoms with Crippen molar-refractivity contribution in [1.29, 1.82) is 5.26 Å². The summed E-state index contributed by atoms with van der Waals surface area (Å²) in [4.78, 5) is 12.0. The lowest BCUT2D eigenvalue weighted by molar-refractivity contribution is -0.131. The third-order valence-electron chi connectivity index (χ3n) is 2.99. The molecule has 1 aliphatic rings. The molecule has 1 fully saturated rings. The summed E-state index contributed by atoms with van der Waals surface area (Å²) in [5.41, 5.74) is 0. The molecule has 0 spiro atoms. The number of nitrogens with zero attached hydrogens (tertiary/aromatic N) is 1. The molecule has 96 valence electrons. The van der Waals surface area contributed by atoms with Crippen molar-refractivity contribution >= 4 is 5.78 Å². The Labute approximate surface area is 99.4 Å². The molecule has 6 heteroatoms. The predicted molar refractivity (Wildman–Crippen MR) is 58.6 cm³/mol. The van der Waals surface area contributed by atoms with Gasteiger partial charge in [-0.2, -0.15) is 5.26 Å². The van der Waals surface area contributed by atoms with Crippen molar-refractivity contribution in [2.45, 2.75) is 44.3 Å². The van der Waals surface area contributed by atoms with E-state index in [1.54, 1.807) is 27.0 Å². The third kappa shape index (κ3) is 2.79. The molecule has 1 aliphatic heterocycles. The maximum Gasteiger partial charge on any atom is 0.272 e. The quantitative estimate of drug-likeness (QED) is 0.764. The fourth-order valence-electron chi connectivity index (χ4n) is 2.13. The van der Waals surface area contributed by atoms with Crippen LogP contribution >= 0.6 is 0 Å². The molecule has 0 aromatic heterocycles. The van der Waals surface area contributed by atoms with Crippen molar-refractivity contribution in [3.8, 4) is 6.07 Å². The lowest BCUT2D eigenvalue weighted by Gasteiger charge is -2.25. The Morgan fingerprint density at radius 3 is 2.53 bits per heavy atom. The second kappa shape index (κ2) is 5.07. The molecule has 0 radical (unpaired) electrons. The Morgan fingerprint density at radius 1 is 1.59 bits per heavy atom. The number of Topliss-reactive ketones (excluding diaryl/α,β-unsaturated/α-hetero) is 1. The van der Waals surface area contributed by atoms with Crippen LogP contribution in [0, 0.1) is 17.2 Å². The molecule has 4 nitrogen and oxygen atoms in total. The molecule has 0 saturated carbocycles. The van der Waals surface area contributed by atoms with E-state index in [4.69, 9.17) is 5.26 Å². The van der Waals surface area contributed by atoms with Gasteiger partial charge in [-0.15, -0.1) is 0 Å². The standard InChI is InChI=1S/C11H17F2N3O/c1-6(2)8(15-3)9(17)10-11(12,13)4-7(5-14)16-10/h6-8,10,15-16H,4H2,1-3H3/t7-,8?,10-/m0/s1. The molecule has 0 amide bonds. The van der Waals surface area contributed by atoms with Crippen LogP contribution in [0.4, 0.5) is 8.78 Å². The Hall–Kier alpha value is -1.06. The van der Waals surface area contributed by atoms with Crippen LogP contribution in [0.1, 0.15) is 20.3 Å². The van der Waals surface area contributed by atoms with Gasteiger partial charge in [-0.25, -0.2) is 8.78 Å². The highest BCUT2D eigenvalue weighted by atomic mass is 19.3. The lowest BCUT2D eigenvalue weighted by atomic mass is 9.93. The van der Waals surface area contributed by atoms with Gasteiger partial charge in [-0.1, -0.05) is 13.8 Å². The molecular weight excluding hydrogens is 228 g/mol. The fourth-order valence-corrected chi connectivity index (χ4v) is 2.13. The van der Waals surface area contributed by atoms with Crippen LogP contribution in [0.2, 0.25) is 0 Å². The Kier molecular flexibility index (Phi) is 4.17. The summed E-state index contributed by atoms with van der Waals surface area (Å²) < 4.78 is 27.2. The number of likely N-dealkylation sites (N-methyl/N-ethyl adjacent to an activating group) is 1. The number of hydrogen-bond acceptors (Lipinski definition) is 4. The monoisotopic (exact) mass is 245 g/mol. The second-order valence-corrected chi connectivity index (χ2v) is 4.66. The molecule has 3 atom stereocenters. The maximum absolute atomic E-state index is 13.6. The normalized spacial score (nSPS) is 29.0. The van der Waals surface area contributed by atoms with E-state index >= 15 is 0 Å². The van der Waals surface area contributed by atoms with Gasteiger partial charge >= 0.3 is 0 Å². The molecule has 0 aromatic carbocycles. The van der Waals surface area contributed by atoms with Crippen molar-refractivity contribution in [2.24, 2.45) is 5.92 Å². The van der Waals surface area contributed by atoms with E-state index < -0.39 is 36.3 Å². The van der Waals surface area contributed by atoms with E-state index in [9.17, 15) is 13.6 Å². The SMILES string of the molecule is CNC(C(=O)[C@@H]1N[C@H](C#N)CC1(F)F)C(C)C. The molecule has 1 unspecified atom stereocenters. The smallest absolute Gasteiger partial charge is 0.272 e. The number of ketones is 1. The van der Waals surface area contributed by atoms with Gasteiger partial charge in [0.05, 0.1) is 12.1 Å². The van der Waals surface area contributed by atoms with Crippen LogP contribution in [-0.2, 0) is 4.79 Å². The molecule has 1 saturated heterocycles. The second-order valence-electron chi connectivity index (χ2n) is 4.66. The lowest BCUT2D eigenvalue weighted by Crippen LogP contribution is -2.53. The minimum atomic E-state index is -3.15. The van der Waals surface area contributed by atoms with Gasteiger partial charge in [0.15, 0.2) is 5.78 Å². The largest absolute Gasteiger partial charge is 0.310 e. The fraction of sp³-hybridized carbons (Fsp3) is 0.818. The van der Waals surface area contributed by atoms with Gasteiger partial charge in [0.1, 0.15) is 12.1 Å². The van der Waals surface area contributed by atoms with Gasteiger partial charge in [-0.05, 0) is 13.0 Å². The molecule has 0 aliphatic carbocycles. The van der Waals surface area contributed by atoms with Crippen LogP contribution in [0.15, 0.2) is 0 Å². The number of nitriles is 1. The molecule has 1 heterocycles. The van der Waals surface area contributed by atoms with Crippen molar-refractivity contribution in [2.75, 3.05) is 7.05 Å². The minimum absolute atomic E-state index is 0.0776. The highest BCUT2D eigenvalue weighted by Crippen LogP contribution is 2.32. The van der Waals surface area contributed by atoms with Crippen molar-refractivity contribution in [3.05, 3.63) is 0 Å². The zero-order valence-electron chi connectivity index (χ0n) is 10.1. The highest BCUT2D eigenvalue weighted by molar-refractivity contribution is 5.90. The van der Waals surface area contributed by atoms with Crippen LogP contribution in [-0.4, -0.2) is 36.9 Å². The summed E-state index contributed by atoms with van der Waals surface area (Å²) >= 11 is 0.